The molecule has 144 valence electrons. The number of rotatable bonds is 6. The molecule has 0 bridgehead atoms. The number of nitrogens with zero attached hydrogens (tertiary/aromatic N) is 3. The van der Waals surface area contributed by atoms with Gasteiger partial charge in [0.05, 0.1) is 6.04 Å². The number of pyridine rings is 1. The number of unbranched alkanes of at least 4 members (excludes halogenated alkanes) is 1. The normalized spacial score (nSPS) is 17.7. The maximum absolute atomic E-state index is 12.8. The molecule has 6 nitrogen and oxygen atoms in total. The number of hydrogen-bond acceptors (Lipinski definition) is 4. The van der Waals surface area contributed by atoms with Gasteiger partial charge in [0.1, 0.15) is 11.4 Å². The van der Waals surface area contributed by atoms with Gasteiger partial charge in [-0.25, -0.2) is 9.78 Å². The van der Waals surface area contributed by atoms with E-state index in [9.17, 15) is 9.59 Å². The lowest BCUT2D eigenvalue weighted by Gasteiger charge is -2.35. The molecule has 2 rings (SSSR count). The fourth-order valence-electron chi connectivity index (χ4n) is 3.23. The third kappa shape index (κ3) is 5.19. The summed E-state index contributed by atoms with van der Waals surface area (Å²) >= 11 is 0. The monoisotopic (exact) mass is 361 g/mol. The average Bonchev–Trinajstić information content (AvgIpc) is 2.61. The van der Waals surface area contributed by atoms with Gasteiger partial charge in [-0.15, -0.1) is 0 Å². The Kier molecular flexibility index (Phi) is 7.00. The molecule has 1 aliphatic rings. The molecule has 1 atom stereocenters. The summed E-state index contributed by atoms with van der Waals surface area (Å²) < 4.78 is 5.61. The lowest BCUT2D eigenvalue weighted by atomic mass is 9.96. The molecule has 1 fully saturated rings. The van der Waals surface area contributed by atoms with Crippen molar-refractivity contribution >= 4 is 18.3 Å². The zero-order chi connectivity index (χ0) is 19.2. The second kappa shape index (κ2) is 9.01. The Bertz CT molecular complexity index is 613. The maximum Gasteiger partial charge on any atom is 0.416 e. The van der Waals surface area contributed by atoms with Crippen LogP contribution in [0.3, 0.4) is 0 Å². The molecule has 1 aromatic heterocycles. The number of amides is 2. The molecular formula is C20H31N3O3. The highest BCUT2D eigenvalue weighted by Gasteiger charge is 2.30. The molecule has 0 aliphatic carbocycles. The van der Waals surface area contributed by atoms with Crippen molar-refractivity contribution in [3.8, 4) is 0 Å². The number of carbonyl (C=O) groups is 2. The second-order valence-corrected chi connectivity index (χ2v) is 7.76. The van der Waals surface area contributed by atoms with Gasteiger partial charge in [-0.3, -0.25) is 9.69 Å². The Balaban J connectivity index is 2.38. The highest BCUT2D eigenvalue weighted by Crippen LogP contribution is 2.35. The molecule has 0 spiro atoms. The number of carbonyl (C=O) groups excluding carboxylic acids is 2. The largest absolute Gasteiger partial charge is 0.443 e. The smallest absolute Gasteiger partial charge is 0.416 e. The van der Waals surface area contributed by atoms with Crippen molar-refractivity contribution in [1.82, 2.24) is 9.88 Å². The minimum absolute atomic E-state index is 0.0449. The van der Waals surface area contributed by atoms with Crippen molar-refractivity contribution in [2.24, 2.45) is 0 Å². The van der Waals surface area contributed by atoms with E-state index in [1.54, 1.807) is 11.1 Å². The Morgan fingerprint density at radius 2 is 2.19 bits per heavy atom. The van der Waals surface area contributed by atoms with Gasteiger partial charge in [0, 0.05) is 24.8 Å². The van der Waals surface area contributed by atoms with Gasteiger partial charge in [0.2, 0.25) is 6.41 Å². The van der Waals surface area contributed by atoms with Gasteiger partial charge >= 0.3 is 6.09 Å². The molecule has 0 N–H and O–H groups in total. The summed E-state index contributed by atoms with van der Waals surface area (Å²) in [6.45, 7) is 8.95. The average molecular weight is 361 g/mol. The first-order valence-corrected chi connectivity index (χ1v) is 9.54. The number of ether oxygens (including phenoxy) is 1. The van der Waals surface area contributed by atoms with E-state index in [2.05, 4.69) is 11.9 Å². The quantitative estimate of drug-likeness (QED) is 0.709. The third-order valence-electron chi connectivity index (χ3n) is 4.46. The topological polar surface area (TPSA) is 62.7 Å². The predicted octanol–water partition coefficient (Wildman–Crippen LogP) is 4.31. The summed E-state index contributed by atoms with van der Waals surface area (Å²) in [6.07, 6.45) is 6.98. The van der Waals surface area contributed by atoms with Crippen molar-refractivity contribution in [1.29, 1.82) is 0 Å². The first-order chi connectivity index (χ1) is 12.4. The van der Waals surface area contributed by atoms with Crippen molar-refractivity contribution in [3.63, 3.8) is 0 Å². The molecule has 2 amide bonds. The van der Waals surface area contributed by atoms with Crippen LogP contribution in [0.5, 0.6) is 0 Å². The summed E-state index contributed by atoms with van der Waals surface area (Å²) in [7, 11) is 0. The summed E-state index contributed by atoms with van der Waals surface area (Å²) in [4.78, 5) is 32.3. The van der Waals surface area contributed by atoms with Gasteiger partial charge in [-0.1, -0.05) is 19.4 Å². The first kappa shape index (κ1) is 20.2. The fourth-order valence-corrected chi connectivity index (χ4v) is 3.23. The van der Waals surface area contributed by atoms with E-state index in [0.717, 1.165) is 50.6 Å². The predicted molar refractivity (Wildman–Crippen MR) is 102 cm³/mol. The Labute approximate surface area is 156 Å². The molecule has 1 aromatic rings. The molecule has 0 saturated carbocycles. The molecule has 26 heavy (non-hydrogen) atoms. The summed E-state index contributed by atoms with van der Waals surface area (Å²) in [6, 6.07) is 3.79. The lowest BCUT2D eigenvalue weighted by molar-refractivity contribution is -0.121. The SMILES string of the molecule is CCCCN(C(=O)OC(C)(C)C)c1ncccc1[C@H]1CCCCN1C=O. The minimum atomic E-state index is -0.573. The van der Waals surface area contributed by atoms with Crippen LogP contribution in [0, 0.1) is 0 Å². The zero-order valence-electron chi connectivity index (χ0n) is 16.4. The van der Waals surface area contributed by atoms with Crippen LogP contribution in [0.25, 0.3) is 0 Å². The van der Waals surface area contributed by atoms with Crippen LogP contribution in [0.1, 0.15) is 71.4 Å². The van der Waals surface area contributed by atoms with Crippen molar-refractivity contribution < 1.29 is 14.3 Å². The van der Waals surface area contributed by atoms with Crippen LogP contribution in [0.4, 0.5) is 10.6 Å². The summed E-state index contributed by atoms with van der Waals surface area (Å²) in [5.41, 5.74) is 0.345. The Morgan fingerprint density at radius 3 is 2.85 bits per heavy atom. The standard InChI is InChI=1S/C20H31N3O3/c1-5-6-14-23(19(25)26-20(2,3)4)18-16(10-9-12-21-18)17-11-7-8-13-22(17)15-24/h9-10,12,15,17H,5-8,11,13-14H2,1-4H3/t17-/m1/s1. The number of aromatic nitrogens is 1. The number of piperidine rings is 1. The molecule has 0 unspecified atom stereocenters. The Morgan fingerprint density at radius 1 is 1.42 bits per heavy atom. The molecule has 0 radical (unpaired) electrons. The van der Waals surface area contributed by atoms with Crippen LogP contribution in [-0.4, -0.2) is 41.1 Å². The van der Waals surface area contributed by atoms with Crippen LogP contribution in [0.15, 0.2) is 18.3 Å². The summed E-state index contributed by atoms with van der Waals surface area (Å²) in [5, 5.41) is 0. The van der Waals surface area contributed by atoms with Crippen molar-refractivity contribution in [2.75, 3.05) is 18.0 Å². The number of hydrogen-bond donors (Lipinski definition) is 0. The van der Waals surface area contributed by atoms with Gasteiger partial charge in [-0.05, 0) is 52.5 Å². The second-order valence-electron chi connectivity index (χ2n) is 7.76. The van der Waals surface area contributed by atoms with E-state index in [1.165, 1.54) is 0 Å². The van der Waals surface area contributed by atoms with Gasteiger partial charge in [-0.2, -0.15) is 0 Å². The highest BCUT2D eigenvalue weighted by molar-refractivity contribution is 5.87. The molecule has 1 aliphatic heterocycles. The third-order valence-corrected chi connectivity index (χ3v) is 4.46. The van der Waals surface area contributed by atoms with Crippen LogP contribution < -0.4 is 4.90 Å². The Hall–Kier alpha value is -2.11. The zero-order valence-corrected chi connectivity index (χ0v) is 16.4. The van der Waals surface area contributed by atoms with E-state index < -0.39 is 5.60 Å². The lowest BCUT2D eigenvalue weighted by Crippen LogP contribution is -2.40. The van der Waals surface area contributed by atoms with Gasteiger partial charge < -0.3 is 9.64 Å². The fraction of sp³-hybridized carbons (Fsp3) is 0.650. The molecule has 2 heterocycles. The van der Waals surface area contributed by atoms with E-state index in [-0.39, 0.29) is 12.1 Å². The molecular weight excluding hydrogens is 330 g/mol. The highest BCUT2D eigenvalue weighted by atomic mass is 16.6. The summed E-state index contributed by atoms with van der Waals surface area (Å²) in [5.74, 6) is 0.606. The molecule has 6 heteroatoms. The minimum Gasteiger partial charge on any atom is -0.443 e. The van der Waals surface area contributed by atoms with E-state index in [1.807, 2.05) is 37.8 Å². The molecule has 1 saturated heterocycles. The van der Waals surface area contributed by atoms with E-state index in [0.29, 0.717) is 12.4 Å². The number of likely N-dealkylation sites (tertiary alicyclic amines) is 1. The molecule has 0 aromatic carbocycles. The van der Waals surface area contributed by atoms with Gasteiger partial charge in [0.15, 0.2) is 0 Å². The number of anilines is 1. The van der Waals surface area contributed by atoms with Gasteiger partial charge in [0.25, 0.3) is 0 Å². The van der Waals surface area contributed by atoms with Crippen molar-refractivity contribution in [2.45, 2.75) is 71.4 Å². The maximum atomic E-state index is 12.8. The van der Waals surface area contributed by atoms with E-state index in [4.69, 9.17) is 4.74 Å². The van der Waals surface area contributed by atoms with Crippen LogP contribution >= 0.6 is 0 Å². The van der Waals surface area contributed by atoms with Crippen molar-refractivity contribution in [3.05, 3.63) is 23.9 Å². The van der Waals surface area contributed by atoms with Crippen LogP contribution in [0.2, 0.25) is 0 Å². The van der Waals surface area contributed by atoms with E-state index >= 15 is 0 Å². The van der Waals surface area contributed by atoms with Crippen LogP contribution in [-0.2, 0) is 9.53 Å². The first-order valence-electron chi connectivity index (χ1n) is 9.54.